The molecule has 34 heavy (non-hydrogen) atoms. The third kappa shape index (κ3) is 5.46. The highest BCUT2D eigenvalue weighted by Crippen LogP contribution is 2.60. The van der Waals surface area contributed by atoms with Gasteiger partial charge < -0.3 is 20.5 Å². The first-order chi connectivity index (χ1) is 16.0. The molecule has 0 saturated carbocycles. The minimum absolute atomic E-state index is 0.0443. The third-order valence-corrected chi connectivity index (χ3v) is 7.02. The minimum Gasteiger partial charge on any atom is -0.413 e. The number of nitrogens with one attached hydrogen (secondary N) is 1. The zero-order valence-corrected chi connectivity index (χ0v) is 18.6. The first kappa shape index (κ1) is 25.4. The molecule has 2 aromatic carbocycles. The average Bonchev–Trinajstić information content (AvgIpc) is 3.26. The van der Waals surface area contributed by atoms with Gasteiger partial charge in [0.2, 0.25) is 11.7 Å². The summed E-state index contributed by atoms with van der Waals surface area (Å²) in [4.78, 5) is 28.1. The number of Topliss-reactive ketones (excluding diaryl/α,β-unsaturated/α-hetero) is 1. The smallest absolute Gasteiger partial charge is 0.413 e. The van der Waals surface area contributed by atoms with Crippen molar-refractivity contribution in [3.05, 3.63) is 60.7 Å². The van der Waals surface area contributed by atoms with Gasteiger partial charge in [0.1, 0.15) is 17.2 Å². The number of aliphatic imine (C=N–C) groups is 1. The quantitative estimate of drug-likeness (QED) is 0.427. The molecule has 0 bridgehead atoms. The maximum absolute atomic E-state index is 14.3. The van der Waals surface area contributed by atoms with Gasteiger partial charge in [0.05, 0.1) is 6.04 Å². The molecule has 182 valence electrons. The predicted octanol–water partition coefficient (Wildman–Crippen LogP) is 2.76. The number of alkyl halides is 3. The molecule has 0 aliphatic carbocycles. The van der Waals surface area contributed by atoms with E-state index >= 15 is 0 Å². The number of ketones is 1. The Labute approximate surface area is 192 Å². The summed E-state index contributed by atoms with van der Waals surface area (Å²) in [5, 5.41) is -0.539. The number of nitrogens with zero attached hydrogens (tertiary/aromatic N) is 1. The summed E-state index contributed by atoms with van der Waals surface area (Å²) < 4.78 is 66.0. The number of nitrogens with two attached hydrogens (primary N) is 2. The molecule has 1 unspecified atom stereocenters. The molecule has 1 heterocycles. The van der Waals surface area contributed by atoms with E-state index in [0.29, 0.717) is 0 Å². The lowest BCUT2D eigenvalue weighted by Crippen LogP contribution is -2.55. The SMILES string of the molecule is NC(=O)CC[C@H](N)C(=O)C1(P(=O)(Oc2ccccc2)Oc2ccccc2)N=C(C(F)(F)F)CN1. The number of hydrogen-bond donors (Lipinski definition) is 3. The van der Waals surface area contributed by atoms with Crippen molar-refractivity contribution in [2.24, 2.45) is 16.5 Å². The lowest BCUT2D eigenvalue weighted by Gasteiger charge is -2.34. The number of para-hydroxylation sites is 2. The van der Waals surface area contributed by atoms with Crippen LogP contribution in [0.1, 0.15) is 12.8 Å². The molecule has 0 aromatic heterocycles. The molecule has 2 atom stereocenters. The summed E-state index contributed by atoms with van der Waals surface area (Å²) in [6.45, 7) is -0.946. The molecule has 13 heteroatoms. The van der Waals surface area contributed by atoms with Crippen LogP contribution in [0.3, 0.4) is 0 Å². The van der Waals surface area contributed by atoms with Crippen LogP contribution in [0.4, 0.5) is 13.2 Å². The second-order valence-electron chi connectivity index (χ2n) is 7.36. The highest BCUT2D eigenvalue weighted by atomic mass is 31.2. The third-order valence-electron chi connectivity index (χ3n) is 4.84. The second-order valence-corrected chi connectivity index (χ2v) is 9.37. The number of carbonyl (C=O) groups excluding carboxylic acids is 2. The zero-order valence-electron chi connectivity index (χ0n) is 17.7. The predicted molar refractivity (Wildman–Crippen MR) is 117 cm³/mol. The van der Waals surface area contributed by atoms with Crippen LogP contribution in [0.2, 0.25) is 0 Å². The van der Waals surface area contributed by atoms with Crippen molar-refractivity contribution in [3.8, 4) is 11.5 Å². The van der Waals surface area contributed by atoms with Gasteiger partial charge in [-0.05, 0) is 30.7 Å². The number of amides is 1. The maximum atomic E-state index is 14.3. The Morgan fingerprint density at radius 3 is 1.97 bits per heavy atom. The van der Waals surface area contributed by atoms with Crippen molar-refractivity contribution in [2.75, 3.05) is 6.54 Å². The minimum atomic E-state index is -4.95. The van der Waals surface area contributed by atoms with E-state index in [9.17, 15) is 27.3 Å². The first-order valence-corrected chi connectivity index (χ1v) is 11.6. The summed E-state index contributed by atoms with van der Waals surface area (Å²) in [7, 11) is -4.95. The lowest BCUT2D eigenvalue weighted by molar-refractivity contribution is -0.124. The van der Waals surface area contributed by atoms with Gasteiger partial charge in [0.15, 0.2) is 0 Å². The van der Waals surface area contributed by atoms with E-state index in [2.05, 4.69) is 10.3 Å². The summed E-state index contributed by atoms with van der Waals surface area (Å²) in [6.07, 6.45) is -5.58. The molecule has 0 radical (unpaired) electrons. The van der Waals surface area contributed by atoms with E-state index in [1.54, 1.807) is 12.1 Å². The lowest BCUT2D eigenvalue weighted by atomic mass is 10.1. The van der Waals surface area contributed by atoms with E-state index in [-0.39, 0.29) is 24.3 Å². The number of rotatable bonds is 10. The number of carbonyl (C=O) groups is 2. The van der Waals surface area contributed by atoms with Gasteiger partial charge >= 0.3 is 13.8 Å². The molecule has 3 rings (SSSR count). The van der Waals surface area contributed by atoms with Crippen LogP contribution in [0, 0.1) is 0 Å². The summed E-state index contributed by atoms with van der Waals surface area (Å²) >= 11 is 0. The van der Waals surface area contributed by atoms with E-state index in [1.165, 1.54) is 48.5 Å². The molecule has 1 amide bonds. The molecule has 9 nitrogen and oxygen atoms in total. The summed E-state index contributed by atoms with van der Waals surface area (Å²) in [5.74, 6) is -2.07. The molecule has 1 aliphatic rings. The molecule has 0 saturated heterocycles. The molecule has 0 fully saturated rings. The Morgan fingerprint density at radius 1 is 1.06 bits per heavy atom. The second kappa shape index (κ2) is 9.96. The van der Waals surface area contributed by atoms with Gasteiger partial charge in [-0.15, -0.1) is 0 Å². The van der Waals surface area contributed by atoms with Crippen LogP contribution in [-0.2, 0) is 14.2 Å². The van der Waals surface area contributed by atoms with Crippen molar-refractivity contribution in [2.45, 2.75) is 30.5 Å². The van der Waals surface area contributed by atoms with Crippen molar-refractivity contribution in [3.63, 3.8) is 0 Å². The number of benzene rings is 2. The Morgan fingerprint density at radius 2 is 1.56 bits per heavy atom. The normalized spacial score (nSPS) is 19.2. The molecular weight excluding hydrogens is 476 g/mol. The van der Waals surface area contributed by atoms with Crippen LogP contribution >= 0.6 is 7.60 Å². The van der Waals surface area contributed by atoms with Crippen LogP contribution in [0.25, 0.3) is 0 Å². The van der Waals surface area contributed by atoms with Gasteiger partial charge in [-0.2, -0.15) is 13.2 Å². The van der Waals surface area contributed by atoms with Crippen molar-refractivity contribution >= 4 is 25.0 Å². The van der Waals surface area contributed by atoms with E-state index in [1.807, 2.05) is 0 Å². The Balaban J connectivity index is 2.15. The summed E-state index contributed by atoms with van der Waals surface area (Å²) in [5.41, 5.74) is 9.59. The highest BCUT2D eigenvalue weighted by Gasteiger charge is 2.65. The van der Waals surface area contributed by atoms with Crippen LogP contribution in [-0.4, -0.2) is 41.6 Å². The van der Waals surface area contributed by atoms with Gasteiger partial charge in [0.25, 0.3) is 5.40 Å². The van der Waals surface area contributed by atoms with Gasteiger partial charge in [-0.25, -0.2) is 9.56 Å². The topological polar surface area (TPSA) is 146 Å². The Kier molecular flexibility index (Phi) is 7.44. The van der Waals surface area contributed by atoms with E-state index in [4.69, 9.17) is 20.5 Å². The largest absolute Gasteiger partial charge is 0.480 e. The summed E-state index contributed by atoms with van der Waals surface area (Å²) in [6, 6.07) is 13.4. The molecule has 2 aromatic rings. The van der Waals surface area contributed by atoms with Crippen LogP contribution < -0.4 is 25.8 Å². The number of halogens is 3. The fraction of sp³-hybridized carbons (Fsp3) is 0.286. The van der Waals surface area contributed by atoms with Crippen LogP contribution in [0.5, 0.6) is 11.5 Å². The average molecular weight is 498 g/mol. The maximum Gasteiger partial charge on any atom is 0.480 e. The Hall–Kier alpha value is -3.21. The standard InChI is InChI=1S/C21H22F3N4O5P/c22-20(23,24)17-13-27-21(28-17,19(30)16(25)11-12-18(26)29)34(31,32-14-7-3-1-4-8-14)33-15-9-5-2-6-10-15/h1-10,16,27H,11-13,25H2,(H2,26,29)/t16-,21?/m0/s1. The van der Waals surface area contributed by atoms with Gasteiger partial charge in [-0.3, -0.25) is 14.9 Å². The molecule has 5 N–H and O–H groups in total. The monoisotopic (exact) mass is 498 g/mol. The molecular formula is C21H22F3N4O5P. The van der Waals surface area contributed by atoms with E-state index < -0.39 is 49.2 Å². The van der Waals surface area contributed by atoms with Gasteiger partial charge in [-0.1, -0.05) is 36.4 Å². The number of hydrogen-bond acceptors (Lipinski definition) is 8. The van der Waals surface area contributed by atoms with Crippen molar-refractivity contribution in [1.82, 2.24) is 5.32 Å². The fourth-order valence-corrected chi connectivity index (χ4v) is 5.21. The fourth-order valence-electron chi connectivity index (χ4n) is 3.16. The highest BCUT2D eigenvalue weighted by molar-refractivity contribution is 7.57. The Bertz CT molecular complexity index is 1070. The molecule has 0 spiro atoms. The van der Waals surface area contributed by atoms with Gasteiger partial charge in [0, 0.05) is 13.0 Å². The first-order valence-electron chi connectivity index (χ1n) is 10.1. The molecule has 1 aliphatic heterocycles. The van der Waals surface area contributed by atoms with Crippen molar-refractivity contribution < 1.29 is 36.4 Å². The number of primary amides is 1. The van der Waals surface area contributed by atoms with E-state index in [0.717, 1.165) is 0 Å². The van der Waals surface area contributed by atoms with Crippen LogP contribution in [0.15, 0.2) is 65.7 Å². The van der Waals surface area contributed by atoms with Crippen molar-refractivity contribution in [1.29, 1.82) is 0 Å². The zero-order chi connectivity index (χ0) is 25.0.